The van der Waals surface area contributed by atoms with Gasteiger partial charge in [0.2, 0.25) is 5.91 Å². The second-order valence-electron chi connectivity index (χ2n) is 4.80. The van der Waals surface area contributed by atoms with Gasteiger partial charge in [-0.25, -0.2) is 0 Å². The summed E-state index contributed by atoms with van der Waals surface area (Å²) >= 11 is 0. The van der Waals surface area contributed by atoms with Gasteiger partial charge in [0, 0.05) is 18.2 Å². The maximum atomic E-state index is 12.1. The first-order valence-corrected chi connectivity index (χ1v) is 6.31. The maximum absolute atomic E-state index is 12.1. The summed E-state index contributed by atoms with van der Waals surface area (Å²) in [6, 6.07) is 7.70. The Bertz CT molecular complexity index is 433. The van der Waals surface area contributed by atoms with Crippen molar-refractivity contribution in [2.24, 2.45) is 5.73 Å². The fraction of sp³-hybridized carbons (Fsp3) is 0.500. The molecule has 4 nitrogen and oxygen atoms in total. The lowest BCUT2D eigenvalue weighted by Gasteiger charge is -2.25. The molecule has 2 N–H and O–H groups in total. The van der Waals surface area contributed by atoms with E-state index in [1.807, 2.05) is 29.2 Å². The number of hydrogen-bond donors (Lipinski definition) is 1. The standard InChI is InChI=1S/C14H20N2O2.ClH/c1-10(15)14(17)16(12-7-8-12)9-11-5-3-4-6-13(11)18-2;/h3-6,10,12H,7-9,15H2,1-2H3;1H/t10-;/m0./s1. The fourth-order valence-electron chi connectivity index (χ4n) is 2.05. The van der Waals surface area contributed by atoms with Gasteiger partial charge < -0.3 is 15.4 Å². The number of nitrogens with two attached hydrogens (primary N) is 1. The number of hydrogen-bond acceptors (Lipinski definition) is 3. The lowest BCUT2D eigenvalue weighted by molar-refractivity contribution is -0.133. The van der Waals surface area contributed by atoms with E-state index in [0.717, 1.165) is 24.2 Å². The Balaban J connectivity index is 0.00000180. The topological polar surface area (TPSA) is 55.6 Å². The number of carbonyl (C=O) groups is 1. The second-order valence-corrected chi connectivity index (χ2v) is 4.80. The summed E-state index contributed by atoms with van der Waals surface area (Å²) < 4.78 is 5.32. The zero-order valence-electron chi connectivity index (χ0n) is 11.3. The highest BCUT2D eigenvalue weighted by molar-refractivity contribution is 5.85. The summed E-state index contributed by atoms with van der Waals surface area (Å²) in [6.07, 6.45) is 2.15. The number of benzene rings is 1. The van der Waals surface area contributed by atoms with E-state index in [1.165, 1.54) is 0 Å². The zero-order chi connectivity index (χ0) is 13.1. The predicted molar refractivity (Wildman–Crippen MR) is 77.5 cm³/mol. The van der Waals surface area contributed by atoms with E-state index in [9.17, 15) is 4.79 Å². The third kappa shape index (κ3) is 3.85. The third-order valence-corrected chi connectivity index (χ3v) is 3.19. The van der Waals surface area contributed by atoms with Crippen LogP contribution in [0.3, 0.4) is 0 Å². The van der Waals surface area contributed by atoms with Crippen molar-refractivity contribution in [3.05, 3.63) is 29.8 Å². The first-order chi connectivity index (χ1) is 8.63. The van der Waals surface area contributed by atoms with Crippen molar-refractivity contribution in [3.8, 4) is 5.75 Å². The molecule has 1 aliphatic carbocycles. The molecule has 0 bridgehead atoms. The van der Waals surface area contributed by atoms with Crippen molar-refractivity contribution >= 4 is 18.3 Å². The van der Waals surface area contributed by atoms with E-state index >= 15 is 0 Å². The summed E-state index contributed by atoms with van der Waals surface area (Å²) in [5.74, 6) is 0.837. The minimum absolute atomic E-state index is 0. The van der Waals surface area contributed by atoms with Gasteiger partial charge in [0.15, 0.2) is 0 Å². The van der Waals surface area contributed by atoms with Crippen LogP contribution in [0.15, 0.2) is 24.3 Å². The van der Waals surface area contributed by atoms with Gasteiger partial charge in [-0.3, -0.25) is 4.79 Å². The van der Waals surface area contributed by atoms with E-state index in [-0.39, 0.29) is 18.3 Å². The largest absolute Gasteiger partial charge is 0.496 e. The van der Waals surface area contributed by atoms with Crippen LogP contribution >= 0.6 is 12.4 Å². The van der Waals surface area contributed by atoms with Crippen LogP contribution in [0.2, 0.25) is 0 Å². The van der Waals surface area contributed by atoms with Crippen molar-refractivity contribution in [1.29, 1.82) is 0 Å². The number of halogens is 1. The predicted octanol–water partition coefficient (Wildman–Crippen LogP) is 1.96. The van der Waals surface area contributed by atoms with Crippen LogP contribution in [0.4, 0.5) is 0 Å². The Kier molecular flexibility index (Phi) is 5.63. The van der Waals surface area contributed by atoms with Crippen LogP contribution < -0.4 is 10.5 Å². The van der Waals surface area contributed by atoms with Gasteiger partial charge in [-0.1, -0.05) is 18.2 Å². The average Bonchev–Trinajstić information content (AvgIpc) is 3.19. The van der Waals surface area contributed by atoms with Crippen molar-refractivity contribution in [3.63, 3.8) is 0 Å². The van der Waals surface area contributed by atoms with Crippen molar-refractivity contribution in [2.45, 2.75) is 38.4 Å². The minimum atomic E-state index is -0.444. The van der Waals surface area contributed by atoms with Crippen LogP contribution in [-0.4, -0.2) is 30.0 Å². The molecular formula is C14H21ClN2O2. The lowest BCUT2D eigenvalue weighted by Crippen LogP contribution is -2.42. The van der Waals surface area contributed by atoms with Crippen LogP contribution in [0, 0.1) is 0 Å². The first-order valence-electron chi connectivity index (χ1n) is 6.31. The second kappa shape index (κ2) is 6.78. The molecule has 0 radical (unpaired) electrons. The Labute approximate surface area is 120 Å². The zero-order valence-corrected chi connectivity index (χ0v) is 12.2. The molecule has 0 unspecified atom stereocenters. The van der Waals surface area contributed by atoms with Crippen molar-refractivity contribution < 1.29 is 9.53 Å². The highest BCUT2D eigenvalue weighted by atomic mass is 35.5. The van der Waals surface area contributed by atoms with Crippen LogP contribution in [0.1, 0.15) is 25.3 Å². The molecule has 1 aliphatic rings. The average molecular weight is 285 g/mol. The number of methoxy groups -OCH3 is 1. The molecule has 1 amide bonds. The molecule has 1 atom stereocenters. The first kappa shape index (κ1) is 15.8. The minimum Gasteiger partial charge on any atom is -0.496 e. The Hall–Kier alpha value is -1.26. The van der Waals surface area contributed by atoms with E-state index in [0.29, 0.717) is 12.6 Å². The summed E-state index contributed by atoms with van der Waals surface area (Å²) in [4.78, 5) is 14.0. The molecule has 0 spiro atoms. The molecule has 0 aromatic heterocycles. The van der Waals surface area contributed by atoms with Gasteiger partial charge in [0.05, 0.1) is 13.2 Å². The van der Waals surface area contributed by atoms with Gasteiger partial charge >= 0.3 is 0 Å². The fourth-order valence-corrected chi connectivity index (χ4v) is 2.05. The molecular weight excluding hydrogens is 264 g/mol. The quantitative estimate of drug-likeness (QED) is 0.899. The number of rotatable bonds is 5. The number of nitrogens with zero attached hydrogens (tertiary/aromatic N) is 1. The van der Waals surface area contributed by atoms with Gasteiger partial charge in [-0.15, -0.1) is 12.4 Å². The van der Waals surface area contributed by atoms with Crippen LogP contribution in [-0.2, 0) is 11.3 Å². The lowest BCUT2D eigenvalue weighted by atomic mass is 10.1. The summed E-state index contributed by atoms with van der Waals surface area (Å²) in [5, 5.41) is 0. The van der Waals surface area contributed by atoms with E-state index < -0.39 is 6.04 Å². The SMILES string of the molecule is COc1ccccc1CN(C(=O)[C@H](C)N)C1CC1.Cl. The monoisotopic (exact) mass is 284 g/mol. The van der Waals surface area contributed by atoms with Crippen LogP contribution in [0.5, 0.6) is 5.75 Å². The number of para-hydroxylation sites is 1. The molecule has 1 fully saturated rings. The Morgan fingerprint density at radius 1 is 1.47 bits per heavy atom. The summed E-state index contributed by atoms with van der Waals surface area (Å²) in [5.41, 5.74) is 6.73. The third-order valence-electron chi connectivity index (χ3n) is 3.19. The molecule has 0 heterocycles. The molecule has 1 saturated carbocycles. The van der Waals surface area contributed by atoms with Crippen LogP contribution in [0.25, 0.3) is 0 Å². The van der Waals surface area contributed by atoms with E-state index in [4.69, 9.17) is 10.5 Å². The molecule has 106 valence electrons. The molecule has 1 aromatic rings. The number of ether oxygens (including phenoxy) is 1. The molecule has 1 aromatic carbocycles. The van der Waals surface area contributed by atoms with Crippen molar-refractivity contribution in [1.82, 2.24) is 4.90 Å². The summed E-state index contributed by atoms with van der Waals surface area (Å²) in [7, 11) is 1.65. The number of carbonyl (C=O) groups excluding carboxylic acids is 1. The smallest absolute Gasteiger partial charge is 0.239 e. The highest BCUT2D eigenvalue weighted by Crippen LogP contribution is 2.30. The van der Waals surface area contributed by atoms with E-state index in [1.54, 1.807) is 14.0 Å². The molecule has 0 aliphatic heterocycles. The molecule has 19 heavy (non-hydrogen) atoms. The Morgan fingerprint density at radius 3 is 2.63 bits per heavy atom. The normalized spacial score (nSPS) is 15.3. The van der Waals surface area contributed by atoms with Gasteiger partial charge in [0.1, 0.15) is 5.75 Å². The summed E-state index contributed by atoms with van der Waals surface area (Å²) in [6.45, 7) is 2.31. The molecule has 5 heteroatoms. The van der Waals surface area contributed by atoms with Crippen molar-refractivity contribution in [2.75, 3.05) is 7.11 Å². The highest BCUT2D eigenvalue weighted by Gasteiger charge is 2.34. The van der Waals surface area contributed by atoms with E-state index in [2.05, 4.69) is 0 Å². The molecule has 2 rings (SSSR count). The van der Waals surface area contributed by atoms with Gasteiger partial charge in [-0.2, -0.15) is 0 Å². The van der Waals surface area contributed by atoms with Gasteiger partial charge in [-0.05, 0) is 25.8 Å². The van der Waals surface area contributed by atoms with Gasteiger partial charge in [0.25, 0.3) is 0 Å². The molecule has 0 saturated heterocycles. The Morgan fingerprint density at radius 2 is 2.11 bits per heavy atom. The number of amides is 1. The maximum Gasteiger partial charge on any atom is 0.239 e.